The van der Waals surface area contributed by atoms with Gasteiger partial charge in [-0.25, -0.2) is 4.79 Å². The number of nitrogens with zero attached hydrogens (tertiary/aromatic N) is 2. The normalized spacial score (nSPS) is 11.6. The van der Waals surface area contributed by atoms with Gasteiger partial charge >= 0.3 is 5.97 Å². The number of aromatic nitrogens is 2. The molecular weight excluding hydrogens is 362 g/mol. The minimum absolute atomic E-state index is 0.348. The molecule has 2 aromatic heterocycles. The quantitative estimate of drug-likeness (QED) is 0.474. The molecule has 0 fully saturated rings. The molecule has 3 N–H and O–H groups in total. The first-order valence-corrected chi connectivity index (χ1v) is 9.65. The maximum atomic E-state index is 11.6. The Balaban J connectivity index is 1.86. The Morgan fingerprint density at radius 3 is 2.74 bits per heavy atom. The fourth-order valence-electron chi connectivity index (χ4n) is 2.63. The number of carbonyl (C=O) groups excluding carboxylic acids is 1. The number of allylic oxidation sites excluding steroid dienone is 1. The number of ether oxygens (including phenoxy) is 1. The van der Waals surface area contributed by atoms with Crippen LogP contribution in [0.25, 0.3) is 22.4 Å². The number of benzene rings is 1. The van der Waals surface area contributed by atoms with E-state index in [0.29, 0.717) is 17.3 Å². The standard InChI is InChI=1S/C20H21N3O3S/c1-25-20(24)15-9-7-14(8-10-15)13-16(5-2-3-11-21)19-22-18(23-26-19)17-6-4-12-27-17/h4,6-10,12-13H,2-3,5,11,21H2,1H3/p+1/b16-13+. The van der Waals surface area contributed by atoms with Crippen LogP contribution in [-0.2, 0) is 4.74 Å². The van der Waals surface area contributed by atoms with Crippen LogP contribution in [0.3, 0.4) is 0 Å². The monoisotopic (exact) mass is 384 g/mol. The van der Waals surface area contributed by atoms with Gasteiger partial charge in [0.1, 0.15) is 0 Å². The van der Waals surface area contributed by atoms with E-state index in [4.69, 9.17) is 9.26 Å². The molecule has 0 saturated heterocycles. The molecule has 140 valence electrons. The van der Waals surface area contributed by atoms with Crippen molar-refractivity contribution in [3.8, 4) is 10.7 Å². The average Bonchev–Trinajstić information content (AvgIpc) is 3.39. The largest absolute Gasteiger partial charge is 0.465 e. The maximum Gasteiger partial charge on any atom is 0.337 e. The van der Waals surface area contributed by atoms with E-state index in [1.54, 1.807) is 23.5 Å². The lowest BCUT2D eigenvalue weighted by atomic mass is 10.0. The zero-order chi connectivity index (χ0) is 19.1. The lowest BCUT2D eigenvalue weighted by molar-refractivity contribution is -0.368. The number of rotatable bonds is 8. The van der Waals surface area contributed by atoms with Crippen molar-refractivity contribution in [1.82, 2.24) is 10.1 Å². The number of quaternary nitrogens is 1. The van der Waals surface area contributed by atoms with E-state index < -0.39 is 0 Å². The van der Waals surface area contributed by atoms with Crippen molar-refractivity contribution >= 4 is 29.0 Å². The molecule has 0 atom stereocenters. The molecule has 3 aromatic rings. The lowest BCUT2D eigenvalue weighted by Gasteiger charge is -2.04. The highest BCUT2D eigenvalue weighted by Gasteiger charge is 2.14. The third-order valence-corrected chi connectivity index (χ3v) is 4.93. The zero-order valence-electron chi connectivity index (χ0n) is 15.2. The molecule has 27 heavy (non-hydrogen) atoms. The van der Waals surface area contributed by atoms with Crippen LogP contribution in [0, 0.1) is 0 Å². The van der Waals surface area contributed by atoms with Crippen LogP contribution < -0.4 is 5.73 Å². The second kappa shape index (κ2) is 9.25. The van der Waals surface area contributed by atoms with Gasteiger partial charge < -0.3 is 15.0 Å². The molecule has 1 aromatic carbocycles. The van der Waals surface area contributed by atoms with E-state index in [1.807, 2.05) is 35.7 Å². The third-order valence-electron chi connectivity index (χ3n) is 4.06. The van der Waals surface area contributed by atoms with E-state index in [1.165, 1.54) is 7.11 Å². The van der Waals surface area contributed by atoms with E-state index in [-0.39, 0.29) is 5.97 Å². The lowest BCUT2D eigenvalue weighted by Crippen LogP contribution is -2.50. The molecule has 0 radical (unpaired) electrons. The highest BCUT2D eigenvalue weighted by atomic mass is 32.1. The molecule has 0 aliphatic heterocycles. The van der Waals surface area contributed by atoms with Crippen LogP contribution in [0.1, 0.15) is 41.1 Å². The van der Waals surface area contributed by atoms with Crippen LogP contribution in [0.15, 0.2) is 46.3 Å². The number of esters is 1. The fraction of sp³-hybridized carbons (Fsp3) is 0.250. The molecule has 0 bridgehead atoms. The molecule has 0 saturated carbocycles. The summed E-state index contributed by atoms with van der Waals surface area (Å²) in [5.41, 5.74) is 6.36. The second-order valence-corrected chi connectivity index (χ2v) is 6.94. The number of hydrogen-bond donors (Lipinski definition) is 1. The number of hydrogen-bond acceptors (Lipinski definition) is 6. The fourth-order valence-corrected chi connectivity index (χ4v) is 3.28. The Labute approximate surface area is 161 Å². The van der Waals surface area contributed by atoms with E-state index in [9.17, 15) is 4.79 Å². The molecule has 0 aliphatic rings. The summed E-state index contributed by atoms with van der Waals surface area (Å²) < 4.78 is 10.3. The summed E-state index contributed by atoms with van der Waals surface area (Å²) >= 11 is 1.58. The Hall–Kier alpha value is -2.77. The summed E-state index contributed by atoms with van der Waals surface area (Å²) in [7, 11) is 1.37. The van der Waals surface area contributed by atoms with Gasteiger partial charge in [0.15, 0.2) is 0 Å². The van der Waals surface area contributed by atoms with Gasteiger partial charge in [-0.05, 0) is 54.5 Å². The summed E-state index contributed by atoms with van der Waals surface area (Å²) in [5, 5.41) is 6.09. The molecule has 0 unspecified atom stereocenters. The van der Waals surface area contributed by atoms with Gasteiger partial charge in [0.05, 0.1) is 24.1 Å². The summed E-state index contributed by atoms with van der Waals surface area (Å²) in [6, 6.07) is 11.2. The minimum atomic E-state index is -0.348. The zero-order valence-corrected chi connectivity index (χ0v) is 16.0. The Bertz CT molecular complexity index is 899. The molecular formula is C20H22N3O3S+. The topological polar surface area (TPSA) is 92.9 Å². The van der Waals surface area contributed by atoms with Crippen molar-refractivity contribution < 1.29 is 19.8 Å². The molecule has 0 aliphatic carbocycles. The molecule has 3 rings (SSSR count). The highest BCUT2D eigenvalue weighted by Crippen LogP contribution is 2.27. The van der Waals surface area contributed by atoms with Gasteiger partial charge in [-0.3, -0.25) is 0 Å². The van der Waals surface area contributed by atoms with Crippen LogP contribution in [-0.4, -0.2) is 29.8 Å². The summed E-state index contributed by atoms with van der Waals surface area (Å²) in [6.45, 7) is 0.894. The second-order valence-electron chi connectivity index (χ2n) is 5.99. The third kappa shape index (κ3) is 4.90. The number of methoxy groups -OCH3 is 1. The molecule has 7 heteroatoms. The molecule has 0 amide bonds. The van der Waals surface area contributed by atoms with Gasteiger partial charge in [0.2, 0.25) is 5.82 Å². The van der Waals surface area contributed by atoms with Crippen LogP contribution >= 0.6 is 11.3 Å². The van der Waals surface area contributed by atoms with Gasteiger partial charge in [0, 0.05) is 5.57 Å². The number of thiophene rings is 1. The Morgan fingerprint density at radius 1 is 1.26 bits per heavy atom. The first kappa shape index (κ1) is 19.0. The minimum Gasteiger partial charge on any atom is -0.465 e. The van der Waals surface area contributed by atoms with Gasteiger partial charge in [0.25, 0.3) is 5.89 Å². The van der Waals surface area contributed by atoms with Crippen LogP contribution in [0.4, 0.5) is 0 Å². The number of carbonyl (C=O) groups is 1. The van der Waals surface area contributed by atoms with Crippen molar-refractivity contribution in [2.45, 2.75) is 19.3 Å². The van der Waals surface area contributed by atoms with Crippen molar-refractivity contribution in [1.29, 1.82) is 0 Å². The SMILES string of the molecule is COC(=O)c1ccc(/C=C(\CCCC[NH3+])c2nc(-c3cccs3)no2)cc1. The predicted molar refractivity (Wildman–Crippen MR) is 105 cm³/mol. The number of unbranched alkanes of at least 4 members (excludes halogenated alkanes) is 1. The van der Waals surface area contributed by atoms with Crippen molar-refractivity contribution in [3.05, 3.63) is 58.8 Å². The Kier molecular flexibility index (Phi) is 6.51. The van der Waals surface area contributed by atoms with Gasteiger partial charge in [-0.2, -0.15) is 4.98 Å². The van der Waals surface area contributed by atoms with E-state index in [0.717, 1.165) is 41.8 Å². The Morgan fingerprint density at radius 2 is 2.07 bits per heavy atom. The summed E-state index contributed by atoms with van der Waals surface area (Å²) in [6.07, 6.45) is 4.87. The average molecular weight is 384 g/mol. The molecule has 0 spiro atoms. The van der Waals surface area contributed by atoms with Gasteiger partial charge in [-0.1, -0.05) is 23.4 Å². The first-order chi connectivity index (χ1) is 13.2. The van der Waals surface area contributed by atoms with Crippen molar-refractivity contribution in [3.63, 3.8) is 0 Å². The molecule has 2 heterocycles. The van der Waals surface area contributed by atoms with Crippen molar-refractivity contribution in [2.75, 3.05) is 13.7 Å². The van der Waals surface area contributed by atoms with Gasteiger partial charge in [-0.15, -0.1) is 11.3 Å². The van der Waals surface area contributed by atoms with E-state index >= 15 is 0 Å². The van der Waals surface area contributed by atoms with Crippen molar-refractivity contribution in [2.24, 2.45) is 0 Å². The summed E-state index contributed by atoms with van der Waals surface area (Å²) in [4.78, 5) is 17.1. The highest BCUT2D eigenvalue weighted by molar-refractivity contribution is 7.13. The van der Waals surface area contributed by atoms with Crippen LogP contribution in [0.5, 0.6) is 0 Å². The molecule has 6 nitrogen and oxygen atoms in total. The summed E-state index contributed by atoms with van der Waals surface area (Å²) in [5.74, 6) is 0.780. The first-order valence-electron chi connectivity index (χ1n) is 8.77. The predicted octanol–water partition coefficient (Wildman–Crippen LogP) is 3.54. The van der Waals surface area contributed by atoms with Crippen LogP contribution in [0.2, 0.25) is 0 Å². The van der Waals surface area contributed by atoms with E-state index in [2.05, 4.69) is 15.9 Å². The smallest absolute Gasteiger partial charge is 0.337 e. The maximum absolute atomic E-state index is 11.6.